The van der Waals surface area contributed by atoms with Gasteiger partial charge in [0.1, 0.15) is 5.82 Å². The van der Waals surface area contributed by atoms with Gasteiger partial charge in [0.15, 0.2) is 0 Å². The van der Waals surface area contributed by atoms with Gasteiger partial charge in [-0.1, -0.05) is 69.2 Å². The molecular weight excluding hydrogens is 429 g/mol. The van der Waals surface area contributed by atoms with Crippen molar-refractivity contribution in [2.45, 2.75) is 65.3 Å². The highest BCUT2D eigenvalue weighted by atomic mass is 35.5. The highest BCUT2D eigenvalue weighted by molar-refractivity contribution is 6.42. The van der Waals surface area contributed by atoms with Crippen molar-refractivity contribution >= 4 is 40.1 Å². The molecule has 166 valence electrons. The maximum atomic E-state index is 12.6. The Labute approximate surface area is 195 Å². The van der Waals surface area contributed by atoms with Gasteiger partial charge in [-0.15, -0.1) is 0 Å². The van der Waals surface area contributed by atoms with E-state index < -0.39 is 0 Å². The van der Waals surface area contributed by atoms with Crippen molar-refractivity contribution in [2.75, 3.05) is 6.54 Å². The van der Waals surface area contributed by atoms with Gasteiger partial charge in [-0.3, -0.25) is 4.79 Å². The molecule has 1 N–H and O–H groups in total. The van der Waals surface area contributed by atoms with Crippen LogP contribution in [-0.2, 0) is 6.54 Å². The summed E-state index contributed by atoms with van der Waals surface area (Å²) in [5, 5.41) is 4.07. The first-order chi connectivity index (χ1) is 15.0. The van der Waals surface area contributed by atoms with E-state index in [9.17, 15) is 4.79 Å². The smallest absolute Gasteiger partial charge is 0.251 e. The monoisotopic (exact) mass is 459 g/mol. The van der Waals surface area contributed by atoms with E-state index in [0.717, 1.165) is 54.6 Å². The fourth-order valence-corrected chi connectivity index (χ4v) is 4.00. The van der Waals surface area contributed by atoms with E-state index in [4.69, 9.17) is 28.2 Å². The fourth-order valence-electron chi connectivity index (χ4n) is 3.70. The average molecular weight is 460 g/mol. The molecule has 0 aliphatic heterocycles. The van der Waals surface area contributed by atoms with E-state index in [1.807, 2.05) is 30.3 Å². The van der Waals surface area contributed by atoms with E-state index in [0.29, 0.717) is 22.2 Å². The summed E-state index contributed by atoms with van der Waals surface area (Å²) in [5.74, 6) is 0.798. The Morgan fingerprint density at radius 2 is 1.71 bits per heavy atom. The Balaban J connectivity index is 1.83. The Morgan fingerprint density at radius 3 is 2.45 bits per heavy atom. The van der Waals surface area contributed by atoms with Gasteiger partial charge < -0.3 is 9.88 Å². The quantitative estimate of drug-likeness (QED) is 0.301. The molecule has 0 bridgehead atoms. The van der Waals surface area contributed by atoms with Gasteiger partial charge in [0.05, 0.1) is 21.1 Å². The van der Waals surface area contributed by atoms with Crippen LogP contribution in [0.4, 0.5) is 0 Å². The third-order valence-electron chi connectivity index (χ3n) is 5.49. The van der Waals surface area contributed by atoms with Crippen LogP contribution in [0.25, 0.3) is 22.4 Å². The maximum absolute atomic E-state index is 12.6. The number of nitrogens with one attached hydrogen (secondary N) is 1. The van der Waals surface area contributed by atoms with Crippen LogP contribution in [0.15, 0.2) is 36.4 Å². The van der Waals surface area contributed by atoms with Crippen molar-refractivity contribution in [3.8, 4) is 11.4 Å². The van der Waals surface area contributed by atoms with Gasteiger partial charge in [-0.2, -0.15) is 0 Å². The SMILES string of the molecule is CCCCCCCNC(=O)c1ccc2c(c1)nc(-c1ccc(Cl)c(Cl)c1)n2CCCC. The number of benzene rings is 2. The second-order valence-electron chi connectivity index (χ2n) is 7.94. The minimum Gasteiger partial charge on any atom is -0.352 e. The average Bonchev–Trinajstić information content (AvgIpc) is 3.14. The molecule has 0 aliphatic rings. The van der Waals surface area contributed by atoms with Crippen LogP contribution >= 0.6 is 23.2 Å². The number of rotatable bonds is 11. The van der Waals surface area contributed by atoms with Gasteiger partial charge in [-0.25, -0.2) is 4.98 Å². The molecule has 0 saturated heterocycles. The van der Waals surface area contributed by atoms with Crippen LogP contribution in [0.3, 0.4) is 0 Å². The Hall–Kier alpha value is -2.04. The molecule has 4 nitrogen and oxygen atoms in total. The molecule has 0 atom stereocenters. The number of imidazole rings is 1. The molecule has 31 heavy (non-hydrogen) atoms. The van der Waals surface area contributed by atoms with Crippen LogP contribution in [0.1, 0.15) is 69.2 Å². The van der Waals surface area contributed by atoms with E-state index in [1.54, 1.807) is 6.07 Å². The lowest BCUT2D eigenvalue weighted by molar-refractivity contribution is 0.0953. The summed E-state index contributed by atoms with van der Waals surface area (Å²) < 4.78 is 2.20. The normalized spacial score (nSPS) is 11.2. The maximum Gasteiger partial charge on any atom is 0.251 e. The third-order valence-corrected chi connectivity index (χ3v) is 6.23. The van der Waals surface area contributed by atoms with Crippen LogP contribution < -0.4 is 5.32 Å². The Morgan fingerprint density at radius 1 is 0.935 bits per heavy atom. The number of hydrogen-bond acceptors (Lipinski definition) is 2. The highest BCUT2D eigenvalue weighted by Crippen LogP contribution is 2.31. The number of aryl methyl sites for hydroxylation is 1. The first-order valence-electron chi connectivity index (χ1n) is 11.3. The third kappa shape index (κ3) is 6.02. The first kappa shape index (κ1) is 23.6. The summed E-state index contributed by atoms with van der Waals surface area (Å²) in [6.45, 7) is 5.93. The van der Waals surface area contributed by atoms with E-state index in [1.165, 1.54) is 19.3 Å². The van der Waals surface area contributed by atoms with E-state index in [2.05, 4.69) is 23.7 Å². The number of unbranched alkanes of at least 4 members (excludes halogenated alkanes) is 5. The molecule has 0 aliphatic carbocycles. The molecule has 0 saturated carbocycles. The standard InChI is InChI=1S/C25H31Cl2N3O/c1-3-5-7-8-9-14-28-25(31)19-11-13-23-22(17-19)29-24(30(23)15-6-4-2)18-10-12-20(26)21(27)16-18/h10-13,16-17H,3-9,14-15H2,1-2H3,(H,28,31). The van der Waals surface area contributed by atoms with Crippen LogP contribution in [0.5, 0.6) is 0 Å². The van der Waals surface area contributed by atoms with E-state index >= 15 is 0 Å². The largest absolute Gasteiger partial charge is 0.352 e. The van der Waals surface area contributed by atoms with Gasteiger partial charge in [-0.05, 0) is 49.2 Å². The predicted molar refractivity (Wildman–Crippen MR) is 131 cm³/mol. The molecule has 1 amide bonds. The summed E-state index contributed by atoms with van der Waals surface area (Å²) in [4.78, 5) is 17.5. The molecule has 0 radical (unpaired) electrons. The molecule has 1 aromatic heterocycles. The molecule has 2 aromatic carbocycles. The minimum absolute atomic E-state index is 0.0448. The lowest BCUT2D eigenvalue weighted by atomic mass is 10.1. The van der Waals surface area contributed by atoms with E-state index in [-0.39, 0.29) is 5.91 Å². The molecule has 0 unspecified atom stereocenters. The lowest BCUT2D eigenvalue weighted by Crippen LogP contribution is -2.24. The Bertz CT molecular complexity index is 1030. The van der Waals surface area contributed by atoms with Crippen LogP contribution in [-0.4, -0.2) is 22.0 Å². The lowest BCUT2D eigenvalue weighted by Gasteiger charge is -2.10. The van der Waals surface area contributed by atoms with Crippen molar-refractivity contribution in [1.82, 2.24) is 14.9 Å². The number of fused-ring (bicyclic) bond motifs is 1. The molecule has 3 aromatic rings. The van der Waals surface area contributed by atoms with Crippen molar-refractivity contribution < 1.29 is 4.79 Å². The second-order valence-corrected chi connectivity index (χ2v) is 8.76. The number of carbonyl (C=O) groups is 1. The molecule has 0 spiro atoms. The number of carbonyl (C=O) groups excluding carboxylic acids is 1. The summed E-state index contributed by atoms with van der Waals surface area (Å²) in [6.07, 6.45) is 8.00. The number of aromatic nitrogens is 2. The molecule has 3 rings (SSSR count). The van der Waals surface area contributed by atoms with Crippen molar-refractivity contribution in [3.05, 3.63) is 52.0 Å². The van der Waals surface area contributed by atoms with Crippen LogP contribution in [0.2, 0.25) is 10.0 Å². The fraction of sp³-hybridized carbons (Fsp3) is 0.440. The summed E-state index contributed by atoms with van der Waals surface area (Å²) >= 11 is 12.4. The zero-order valence-electron chi connectivity index (χ0n) is 18.4. The van der Waals surface area contributed by atoms with Gasteiger partial charge in [0.2, 0.25) is 0 Å². The van der Waals surface area contributed by atoms with Crippen molar-refractivity contribution in [2.24, 2.45) is 0 Å². The summed E-state index contributed by atoms with van der Waals surface area (Å²) in [6, 6.07) is 11.3. The molecule has 0 fully saturated rings. The molecule has 1 heterocycles. The minimum atomic E-state index is -0.0448. The molecular formula is C25H31Cl2N3O. The topological polar surface area (TPSA) is 46.9 Å². The summed E-state index contributed by atoms with van der Waals surface area (Å²) in [7, 11) is 0. The number of nitrogens with zero attached hydrogens (tertiary/aromatic N) is 2. The number of hydrogen-bond donors (Lipinski definition) is 1. The predicted octanol–water partition coefficient (Wildman–Crippen LogP) is 7.51. The highest BCUT2D eigenvalue weighted by Gasteiger charge is 2.15. The first-order valence-corrected chi connectivity index (χ1v) is 12.0. The van der Waals surface area contributed by atoms with Crippen LogP contribution in [0, 0.1) is 0 Å². The zero-order valence-corrected chi connectivity index (χ0v) is 19.9. The Kier molecular flexibility index (Phi) is 8.79. The van der Waals surface area contributed by atoms with Gasteiger partial charge in [0, 0.05) is 24.2 Å². The van der Waals surface area contributed by atoms with Gasteiger partial charge >= 0.3 is 0 Å². The van der Waals surface area contributed by atoms with Gasteiger partial charge in [0.25, 0.3) is 5.91 Å². The summed E-state index contributed by atoms with van der Waals surface area (Å²) in [5.41, 5.74) is 3.39. The zero-order chi connectivity index (χ0) is 22.2. The van der Waals surface area contributed by atoms with Crippen molar-refractivity contribution in [3.63, 3.8) is 0 Å². The van der Waals surface area contributed by atoms with Crippen molar-refractivity contribution in [1.29, 1.82) is 0 Å². The number of halogens is 2. The number of amides is 1. The second kappa shape index (κ2) is 11.5. The molecule has 6 heteroatoms.